The summed E-state index contributed by atoms with van der Waals surface area (Å²) in [5, 5.41) is 0.293. The lowest BCUT2D eigenvalue weighted by molar-refractivity contribution is -0.182. The third kappa shape index (κ3) is 4.34. The normalized spacial score (nSPS) is 24.2. The van der Waals surface area contributed by atoms with E-state index in [-0.39, 0.29) is 29.9 Å². The van der Waals surface area contributed by atoms with Crippen LogP contribution in [0.2, 0.25) is 5.02 Å². The van der Waals surface area contributed by atoms with Gasteiger partial charge < -0.3 is 0 Å². The Balaban J connectivity index is 2.00. The highest BCUT2D eigenvalue weighted by Crippen LogP contribution is 2.38. The van der Waals surface area contributed by atoms with Crippen LogP contribution in [0.25, 0.3) is 0 Å². The quantitative estimate of drug-likeness (QED) is 0.770. The number of sulfonamides is 1. The molecule has 1 aromatic heterocycles. The van der Waals surface area contributed by atoms with Gasteiger partial charge in [-0.05, 0) is 47.7 Å². The van der Waals surface area contributed by atoms with E-state index in [0.29, 0.717) is 8.81 Å². The first-order chi connectivity index (χ1) is 9.59. The molecule has 0 radical (unpaired) electrons. The maximum atomic E-state index is 12.6. The van der Waals surface area contributed by atoms with Gasteiger partial charge in [0.25, 0.3) is 0 Å². The molecule has 0 amide bonds. The molecule has 3 nitrogen and oxygen atoms in total. The largest absolute Gasteiger partial charge is 0.391 e. The summed E-state index contributed by atoms with van der Waals surface area (Å²) in [7, 11) is -3.74. The van der Waals surface area contributed by atoms with Gasteiger partial charge in [0.15, 0.2) is 0 Å². The van der Waals surface area contributed by atoms with Crippen LogP contribution in [-0.4, -0.2) is 20.6 Å². The van der Waals surface area contributed by atoms with E-state index in [2.05, 4.69) is 20.7 Å². The summed E-state index contributed by atoms with van der Waals surface area (Å²) in [5.41, 5.74) is 0. The Labute approximate surface area is 138 Å². The van der Waals surface area contributed by atoms with E-state index in [0.717, 1.165) is 11.3 Å². The summed E-state index contributed by atoms with van der Waals surface area (Å²) in [5.74, 6) is -1.33. The smallest absolute Gasteiger partial charge is 0.207 e. The van der Waals surface area contributed by atoms with Crippen LogP contribution in [-0.2, 0) is 10.0 Å². The van der Waals surface area contributed by atoms with E-state index in [1.54, 1.807) is 0 Å². The van der Waals surface area contributed by atoms with Crippen molar-refractivity contribution in [2.24, 2.45) is 5.92 Å². The van der Waals surface area contributed by atoms with E-state index in [1.165, 1.54) is 6.07 Å². The lowest BCUT2D eigenvalue weighted by Gasteiger charge is -2.29. The molecule has 10 heteroatoms. The molecule has 0 aliphatic heterocycles. The van der Waals surface area contributed by atoms with Crippen molar-refractivity contribution in [1.82, 2.24) is 4.72 Å². The second-order valence-corrected chi connectivity index (χ2v) is 9.62. The molecule has 0 spiro atoms. The first-order valence-electron chi connectivity index (χ1n) is 6.13. The molecule has 0 saturated heterocycles. The summed E-state index contributed by atoms with van der Waals surface area (Å²) in [6, 6.07) is 0.855. The van der Waals surface area contributed by atoms with Gasteiger partial charge in [-0.3, -0.25) is 0 Å². The van der Waals surface area contributed by atoms with E-state index in [9.17, 15) is 21.6 Å². The maximum absolute atomic E-state index is 12.6. The van der Waals surface area contributed by atoms with Gasteiger partial charge in [-0.1, -0.05) is 11.6 Å². The van der Waals surface area contributed by atoms with Gasteiger partial charge in [0, 0.05) is 6.04 Å². The minimum Gasteiger partial charge on any atom is -0.207 e. The molecule has 2 rings (SSSR count). The Kier molecular flexibility index (Phi) is 5.30. The molecule has 1 fully saturated rings. The van der Waals surface area contributed by atoms with Crippen molar-refractivity contribution in [3.05, 3.63) is 14.9 Å². The fourth-order valence-electron chi connectivity index (χ4n) is 2.28. The first kappa shape index (κ1) is 17.5. The fraction of sp³-hybridized carbons (Fsp3) is 0.636. The van der Waals surface area contributed by atoms with Gasteiger partial charge in [-0.2, -0.15) is 13.2 Å². The Hall–Kier alpha value is 0.170. The molecule has 0 aromatic carbocycles. The van der Waals surface area contributed by atoms with Gasteiger partial charge in [-0.15, -0.1) is 11.3 Å². The number of rotatable bonds is 3. The zero-order chi connectivity index (χ0) is 15.8. The van der Waals surface area contributed by atoms with Gasteiger partial charge >= 0.3 is 6.18 Å². The lowest BCUT2D eigenvalue weighted by atomic mass is 9.86. The summed E-state index contributed by atoms with van der Waals surface area (Å²) < 4.78 is 65.0. The third-order valence-corrected chi connectivity index (χ3v) is 7.87. The van der Waals surface area contributed by atoms with Gasteiger partial charge in [0.2, 0.25) is 10.0 Å². The monoisotopic (exact) mass is 425 g/mol. The molecule has 1 saturated carbocycles. The molecule has 1 aromatic rings. The van der Waals surface area contributed by atoms with Gasteiger partial charge in [-0.25, -0.2) is 13.1 Å². The van der Waals surface area contributed by atoms with Crippen molar-refractivity contribution in [2.45, 2.75) is 42.1 Å². The predicted octanol–water partition coefficient (Wildman–Crippen LogP) is 4.56. The van der Waals surface area contributed by atoms with E-state index >= 15 is 0 Å². The molecule has 1 N–H and O–H groups in total. The van der Waals surface area contributed by atoms with Crippen LogP contribution in [0.1, 0.15) is 25.7 Å². The van der Waals surface area contributed by atoms with E-state index in [4.69, 9.17) is 11.6 Å². The van der Waals surface area contributed by atoms with Crippen LogP contribution >= 0.6 is 38.9 Å². The highest BCUT2D eigenvalue weighted by atomic mass is 79.9. The molecule has 1 aliphatic rings. The average Bonchev–Trinajstić information content (AvgIpc) is 2.69. The zero-order valence-corrected chi connectivity index (χ0v) is 14.6. The number of hydrogen-bond acceptors (Lipinski definition) is 3. The van der Waals surface area contributed by atoms with Crippen LogP contribution in [0.5, 0.6) is 0 Å². The minimum absolute atomic E-state index is 0.0500. The highest BCUT2D eigenvalue weighted by Gasteiger charge is 2.42. The Morgan fingerprint density at radius 2 is 1.86 bits per heavy atom. The van der Waals surface area contributed by atoms with Crippen LogP contribution in [0.4, 0.5) is 13.2 Å². The second kappa shape index (κ2) is 6.35. The highest BCUT2D eigenvalue weighted by molar-refractivity contribution is 9.11. The Morgan fingerprint density at radius 1 is 1.29 bits per heavy atom. The second-order valence-electron chi connectivity index (χ2n) is 4.90. The predicted molar refractivity (Wildman–Crippen MR) is 79.2 cm³/mol. The molecule has 0 atom stereocenters. The molecule has 1 heterocycles. The molecule has 1 aliphatic carbocycles. The number of hydrogen-bond donors (Lipinski definition) is 1. The summed E-state index contributed by atoms with van der Waals surface area (Å²) >= 11 is 9.90. The number of nitrogens with one attached hydrogen (secondary N) is 1. The van der Waals surface area contributed by atoms with Crippen molar-refractivity contribution in [1.29, 1.82) is 0 Å². The number of halogens is 5. The molecule has 21 heavy (non-hydrogen) atoms. The molecule has 120 valence electrons. The average molecular weight is 427 g/mol. The lowest BCUT2D eigenvalue weighted by Crippen LogP contribution is -2.39. The van der Waals surface area contributed by atoms with Crippen molar-refractivity contribution in [3.8, 4) is 0 Å². The first-order valence-corrected chi connectivity index (χ1v) is 9.60. The van der Waals surface area contributed by atoms with Crippen LogP contribution in [0, 0.1) is 5.92 Å². The summed E-state index contributed by atoms with van der Waals surface area (Å²) in [6.07, 6.45) is -3.93. The third-order valence-electron chi connectivity index (χ3n) is 3.40. The van der Waals surface area contributed by atoms with Crippen LogP contribution in [0.3, 0.4) is 0 Å². The Morgan fingerprint density at radius 3 is 2.29 bits per heavy atom. The van der Waals surface area contributed by atoms with Gasteiger partial charge in [0.1, 0.15) is 4.21 Å². The topological polar surface area (TPSA) is 46.2 Å². The number of alkyl halides is 3. The SMILES string of the molecule is O=S(=O)(NC1CCC(C(F)(F)F)CC1)c1cc(Cl)c(Br)s1. The van der Waals surface area contributed by atoms with Crippen LogP contribution < -0.4 is 4.72 Å². The minimum atomic E-state index is -4.20. The number of thiophene rings is 1. The fourth-order valence-corrected chi connectivity index (χ4v) is 6.00. The summed E-state index contributed by atoms with van der Waals surface area (Å²) in [4.78, 5) is 0. The molecular weight excluding hydrogens is 415 g/mol. The van der Waals surface area contributed by atoms with Gasteiger partial charge in [0.05, 0.1) is 14.7 Å². The van der Waals surface area contributed by atoms with Crippen molar-refractivity contribution < 1.29 is 21.6 Å². The molecular formula is C11H12BrClF3NO2S2. The van der Waals surface area contributed by atoms with Crippen molar-refractivity contribution in [2.75, 3.05) is 0 Å². The van der Waals surface area contributed by atoms with E-state index < -0.39 is 28.2 Å². The zero-order valence-electron chi connectivity index (χ0n) is 10.6. The maximum Gasteiger partial charge on any atom is 0.391 e. The van der Waals surface area contributed by atoms with Crippen molar-refractivity contribution >= 4 is 48.9 Å². The molecule has 0 bridgehead atoms. The molecule has 0 unspecified atom stereocenters. The van der Waals surface area contributed by atoms with Crippen LogP contribution in [0.15, 0.2) is 14.1 Å². The Bertz CT molecular complexity index is 590. The van der Waals surface area contributed by atoms with E-state index in [1.807, 2.05) is 0 Å². The standard InChI is InChI=1S/C11H12BrClF3NO2S2/c12-10-8(13)5-9(20-10)21(18,19)17-7-3-1-6(2-4-7)11(14,15)16/h5-7,17H,1-4H2. The van der Waals surface area contributed by atoms with Crippen molar-refractivity contribution in [3.63, 3.8) is 0 Å². The summed E-state index contributed by atoms with van der Waals surface area (Å²) in [6.45, 7) is 0.